The number of hydrogen-bond acceptors (Lipinski definition) is 3. The molecule has 1 amide bonds. The van der Waals surface area contributed by atoms with Crippen LogP contribution in [0.3, 0.4) is 0 Å². The molecule has 0 bridgehead atoms. The molecule has 1 unspecified atom stereocenters. The summed E-state index contributed by atoms with van der Waals surface area (Å²) in [4.78, 5) is 16.5. The van der Waals surface area contributed by atoms with E-state index in [1.807, 2.05) is 0 Å². The third-order valence-electron chi connectivity index (χ3n) is 8.06. The lowest BCUT2D eigenvalue weighted by molar-refractivity contribution is -0.929. The van der Waals surface area contributed by atoms with Crippen molar-refractivity contribution < 1.29 is 9.69 Å². The molecule has 0 spiro atoms. The summed E-state index contributed by atoms with van der Waals surface area (Å²) >= 11 is 1.78. The molecule has 2 aliphatic rings. The van der Waals surface area contributed by atoms with E-state index in [9.17, 15) is 4.79 Å². The molecule has 190 valence electrons. The lowest BCUT2D eigenvalue weighted by Crippen LogP contribution is -3.10. The van der Waals surface area contributed by atoms with Crippen molar-refractivity contribution >= 4 is 33.1 Å². The predicted molar refractivity (Wildman–Crippen MR) is 154 cm³/mol. The van der Waals surface area contributed by atoms with Crippen LogP contribution in [-0.4, -0.2) is 17.0 Å². The number of carbonyl (C=O) groups is 1. The lowest BCUT2D eigenvalue weighted by Gasteiger charge is -2.28. The summed E-state index contributed by atoms with van der Waals surface area (Å²) in [5.41, 5.74) is 8.26. The molecule has 5 aromatic rings. The Morgan fingerprint density at radius 2 is 1.63 bits per heavy atom. The highest BCUT2D eigenvalue weighted by molar-refractivity contribution is 7.16. The smallest absolute Gasteiger partial charge is 0.256 e. The van der Waals surface area contributed by atoms with E-state index in [-0.39, 0.29) is 12.1 Å². The Kier molecular flexibility index (Phi) is 5.79. The number of amides is 1. The predicted octanol–water partition coefficient (Wildman–Crippen LogP) is 5.05. The second kappa shape index (κ2) is 9.46. The lowest BCUT2D eigenvalue weighted by atomic mass is 9.99. The van der Waals surface area contributed by atoms with Gasteiger partial charge in [-0.25, -0.2) is 0 Å². The van der Waals surface area contributed by atoms with E-state index in [0.717, 1.165) is 48.7 Å². The zero-order chi connectivity index (χ0) is 25.6. The van der Waals surface area contributed by atoms with Gasteiger partial charge in [0.05, 0.1) is 17.0 Å². The zero-order valence-electron chi connectivity index (χ0n) is 21.5. The Bertz CT molecular complexity index is 1640. The monoisotopic (exact) mass is 519 g/mol. The summed E-state index contributed by atoms with van der Waals surface area (Å²) < 4.78 is 2.37. The number of rotatable bonds is 5. The fourth-order valence-corrected chi connectivity index (χ4v) is 7.57. The second-order valence-electron chi connectivity index (χ2n) is 10.4. The summed E-state index contributed by atoms with van der Waals surface area (Å²) in [5.74, 6) is 0.0482. The first-order valence-corrected chi connectivity index (χ1v) is 14.2. The topological polar surface area (TPSA) is 50.5 Å². The molecule has 3 aromatic carbocycles. The van der Waals surface area contributed by atoms with E-state index in [1.165, 1.54) is 38.2 Å². The molecule has 2 aliphatic heterocycles. The Balaban J connectivity index is 1.20. The number of nitrogens with one attached hydrogen (secondary N) is 3. The van der Waals surface area contributed by atoms with Crippen LogP contribution >= 0.6 is 11.3 Å². The molecule has 2 aromatic heterocycles. The summed E-state index contributed by atoms with van der Waals surface area (Å²) in [6.07, 6.45) is 0.684. The molecular formula is C32H31N4OS+. The Morgan fingerprint density at radius 1 is 0.921 bits per heavy atom. The average Bonchev–Trinajstić information content (AvgIpc) is 3.44. The third-order valence-corrected chi connectivity index (χ3v) is 9.22. The first kappa shape index (κ1) is 23.3. The summed E-state index contributed by atoms with van der Waals surface area (Å²) in [6.45, 7) is 6.01. The Morgan fingerprint density at radius 3 is 2.42 bits per heavy atom. The number of hydrogen-bond donors (Lipinski definition) is 3. The van der Waals surface area contributed by atoms with Crippen molar-refractivity contribution in [3.8, 4) is 0 Å². The van der Waals surface area contributed by atoms with Crippen LogP contribution in [0, 0.1) is 6.92 Å². The van der Waals surface area contributed by atoms with Crippen molar-refractivity contribution in [1.29, 1.82) is 0 Å². The molecule has 4 heterocycles. The first-order chi connectivity index (χ1) is 18.7. The van der Waals surface area contributed by atoms with Gasteiger partial charge in [0.15, 0.2) is 0 Å². The molecule has 2 atom stereocenters. The van der Waals surface area contributed by atoms with Gasteiger partial charge in [-0.15, -0.1) is 11.3 Å². The quantitative estimate of drug-likeness (QED) is 0.304. The van der Waals surface area contributed by atoms with Crippen molar-refractivity contribution in [2.45, 2.75) is 39.1 Å². The number of benzene rings is 3. The fourth-order valence-electron chi connectivity index (χ4n) is 6.22. The van der Waals surface area contributed by atoms with E-state index < -0.39 is 0 Å². The van der Waals surface area contributed by atoms with Crippen LogP contribution in [0.2, 0.25) is 0 Å². The number of carbonyl (C=O) groups excluding carboxylic acids is 1. The Labute approximate surface area is 226 Å². The van der Waals surface area contributed by atoms with Gasteiger partial charge in [0.2, 0.25) is 0 Å². The molecule has 0 saturated heterocycles. The highest BCUT2D eigenvalue weighted by Gasteiger charge is 2.36. The standard InChI is InChI=1S/C32H30N4OS/c1-21-28(24-14-8-9-15-26(24)36(21)19-23-12-6-3-7-13-23)30-33-31(37)29-25-16-17-35(18-22-10-4-2-5-11-22)20-27(25)38-32(29)34-30/h2-15,30,34H,16-20H2,1H3,(H,33,37)/p+1/t30-/m1/s1. The van der Waals surface area contributed by atoms with Gasteiger partial charge in [-0.2, -0.15) is 0 Å². The van der Waals surface area contributed by atoms with Crippen LogP contribution < -0.4 is 15.5 Å². The molecule has 0 fully saturated rings. The highest BCUT2D eigenvalue weighted by atomic mass is 32.1. The normalized spacial score (nSPS) is 18.5. The summed E-state index contributed by atoms with van der Waals surface area (Å²) in [7, 11) is 0. The van der Waals surface area contributed by atoms with E-state index in [4.69, 9.17) is 0 Å². The van der Waals surface area contributed by atoms with Crippen LogP contribution in [0.4, 0.5) is 5.00 Å². The van der Waals surface area contributed by atoms with Crippen LogP contribution in [0.1, 0.15) is 49.3 Å². The van der Waals surface area contributed by atoms with Gasteiger partial charge in [-0.05, 0) is 24.1 Å². The number of fused-ring (bicyclic) bond motifs is 4. The fraction of sp³-hybridized carbons (Fsp3) is 0.219. The molecule has 6 heteroatoms. The number of quaternary nitrogens is 1. The van der Waals surface area contributed by atoms with Gasteiger partial charge in [-0.1, -0.05) is 78.9 Å². The minimum absolute atomic E-state index is 0.0482. The van der Waals surface area contributed by atoms with Gasteiger partial charge in [-0.3, -0.25) is 4.79 Å². The molecule has 0 radical (unpaired) electrons. The maximum atomic E-state index is 13.6. The van der Waals surface area contributed by atoms with Crippen molar-refractivity contribution in [3.05, 3.63) is 123 Å². The number of aromatic nitrogens is 1. The number of para-hydroxylation sites is 1. The van der Waals surface area contributed by atoms with Crippen molar-refractivity contribution in [2.75, 3.05) is 11.9 Å². The second-order valence-corrected chi connectivity index (χ2v) is 11.5. The highest BCUT2D eigenvalue weighted by Crippen LogP contribution is 2.41. The minimum atomic E-state index is -0.259. The van der Waals surface area contributed by atoms with Gasteiger partial charge in [0.1, 0.15) is 24.3 Å². The molecule has 38 heavy (non-hydrogen) atoms. The molecule has 7 rings (SSSR count). The first-order valence-electron chi connectivity index (χ1n) is 13.4. The van der Waals surface area contributed by atoms with E-state index in [2.05, 4.69) is 107 Å². The van der Waals surface area contributed by atoms with Gasteiger partial charge in [0.25, 0.3) is 5.91 Å². The van der Waals surface area contributed by atoms with Gasteiger partial charge in [0, 0.05) is 40.7 Å². The third kappa shape index (κ3) is 4.01. The van der Waals surface area contributed by atoms with Crippen molar-refractivity contribution in [2.24, 2.45) is 0 Å². The number of nitrogens with zero attached hydrogens (tertiary/aromatic N) is 1. The molecule has 3 N–H and O–H groups in total. The average molecular weight is 520 g/mol. The van der Waals surface area contributed by atoms with Gasteiger partial charge < -0.3 is 20.1 Å². The van der Waals surface area contributed by atoms with E-state index in [0.29, 0.717) is 0 Å². The Hall–Kier alpha value is -3.87. The van der Waals surface area contributed by atoms with E-state index >= 15 is 0 Å². The number of thiophene rings is 1. The summed E-state index contributed by atoms with van der Waals surface area (Å²) in [6, 6.07) is 29.8. The molecule has 0 saturated carbocycles. The van der Waals surface area contributed by atoms with Crippen molar-refractivity contribution in [3.63, 3.8) is 0 Å². The maximum absolute atomic E-state index is 13.6. The van der Waals surface area contributed by atoms with Crippen LogP contribution in [0.5, 0.6) is 0 Å². The van der Waals surface area contributed by atoms with Crippen LogP contribution in [0.15, 0.2) is 84.9 Å². The largest absolute Gasteiger partial charge is 0.353 e. The summed E-state index contributed by atoms with van der Waals surface area (Å²) in [5, 5.41) is 9.26. The number of anilines is 1. The van der Waals surface area contributed by atoms with Crippen LogP contribution in [0.25, 0.3) is 10.9 Å². The van der Waals surface area contributed by atoms with Crippen molar-refractivity contribution in [1.82, 2.24) is 9.88 Å². The van der Waals surface area contributed by atoms with Gasteiger partial charge >= 0.3 is 0 Å². The minimum Gasteiger partial charge on any atom is -0.353 e. The molecule has 5 nitrogen and oxygen atoms in total. The SMILES string of the molecule is Cc1c([C@@H]2NC(=O)c3c(sc4c3CC[NH+](Cc3ccccc3)C4)N2)c2ccccc2n1Cc1ccccc1. The molecular weight excluding hydrogens is 488 g/mol. The zero-order valence-corrected chi connectivity index (χ0v) is 22.3. The maximum Gasteiger partial charge on any atom is 0.256 e. The van der Waals surface area contributed by atoms with E-state index in [1.54, 1.807) is 16.2 Å². The van der Waals surface area contributed by atoms with Crippen LogP contribution in [-0.2, 0) is 26.1 Å². The molecule has 0 aliphatic carbocycles.